The largest absolute Gasteiger partial charge is 0.462 e. The van der Waals surface area contributed by atoms with Gasteiger partial charge in [0.2, 0.25) is 5.91 Å². The van der Waals surface area contributed by atoms with Crippen LogP contribution in [0, 0.1) is 0 Å². The second-order valence-electron chi connectivity index (χ2n) is 7.79. The Labute approximate surface area is 167 Å². The zero-order valence-corrected chi connectivity index (χ0v) is 17.4. The number of hydrogen-bond donors (Lipinski definition) is 1. The van der Waals surface area contributed by atoms with Gasteiger partial charge in [0.15, 0.2) is 0 Å². The number of nitrogens with one attached hydrogen (secondary N) is 1. The molecule has 2 aromatic carbocycles. The molecule has 0 saturated heterocycles. The first kappa shape index (κ1) is 21.6. The third kappa shape index (κ3) is 6.20. The third-order valence-electron chi connectivity index (χ3n) is 4.45. The molecule has 150 valence electrons. The van der Waals surface area contributed by atoms with Gasteiger partial charge in [0.05, 0.1) is 12.2 Å². The summed E-state index contributed by atoms with van der Waals surface area (Å²) in [6.45, 7) is 11.4. The van der Waals surface area contributed by atoms with Crippen molar-refractivity contribution in [2.75, 3.05) is 11.9 Å². The fourth-order valence-corrected chi connectivity index (χ4v) is 2.92. The van der Waals surface area contributed by atoms with Crippen LogP contribution in [0.3, 0.4) is 0 Å². The quantitative estimate of drug-likeness (QED) is 0.710. The van der Waals surface area contributed by atoms with E-state index in [-0.39, 0.29) is 17.4 Å². The SMILES string of the molecule is CCOC(=O)c1ccc(NC(C)=O)c(CN(Cc2ccccc2)C(C)(C)C)c1. The predicted octanol–water partition coefficient (Wildman–Crippen LogP) is 4.62. The predicted molar refractivity (Wildman–Crippen MR) is 112 cm³/mol. The normalized spacial score (nSPS) is 11.4. The van der Waals surface area contributed by atoms with Crippen LogP contribution in [0.1, 0.15) is 56.1 Å². The first-order valence-corrected chi connectivity index (χ1v) is 9.57. The van der Waals surface area contributed by atoms with Gasteiger partial charge in [-0.15, -0.1) is 0 Å². The van der Waals surface area contributed by atoms with Gasteiger partial charge in [-0.05, 0) is 57.0 Å². The van der Waals surface area contributed by atoms with Gasteiger partial charge in [0.25, 0.3) is 0 Å². The summed E-state index contributed by atoms with van der Waals surface area (Å²) in [6, 6.07) is 15.5. The molecular formula is C23H30N2O3. The van der Waals surface area contributed by atoms with Gasteiger partial charge in [-0.1, -0.05) is 30.3 Å². The van der Waals surface area contributed by atoms with E-state index >= 15 is 0 Å². The maximum Gasteiger partial charge on any atom is 0.338 e. The van der Waals surface area contributed by atoms with Crippen molar-refractivity contribution in [2.24, 2.45) is 0 Å². The Balaban J connectivity index is 2.38. The van der Waals surface area contributed by atoms with Gasteiger partial charge in [-0.3, -0.25) is 9.69 Å². The average Bonchev–Trinajstić information content (AvgIpc) is 2.62. The first-order chi connectivity index (χ1) is 13.2. The summed E-state index contributed by atoms with van der Waals surface area (Å²) in [5.41, 5.74) is 3.18. The van der Waals surface area contributed by atoms with Crippen LogP contribution in [-0.4, -0.2) is 28.9 Å². The Morgan fingerprint density at radius 2 is 1.71 bits per heavy atom. The second kappa shape index (κ2) is 9.51. The van der Waals surface area contributed by atoms with E-state index in [0.717, 1.165) is 12.1 Å². The lowest BCUT2D eigenvalue weighted by molar-refractivity contribution is -0.114. The number of ether oxygens (including phenoxy) is 1. The van der Waals surface area contributed by atoms with E-state index in [0.29, 0.717) is 24.4 Å². The lowest BCUT2D eigenvalue weighted by Gasteiger charge is -2.36. The highest BCUT2D eigenvalue weighted by Gasteiger charge is 2.23. The summed E-state index contributed by atoms with van der Waals surface area (Å²) in [6.07, 6.45) is 0. The van der Waals surface area contributed by atoms with Crippen LogP contribution in [0.5, 0.6) is 0 Å². The molecule has 0 fully saturated rings. The number of rotatable bonds is 7. The highest BCUT2D eigenvalue weighted by molar-refractivity contribution is 5.93. The molecular weight excluding hydrogens is 352 g/mol. The highest BCUT2D eigenvalue weighted by Crippen LogP contribution is 2.26. The molecule has 0 bridgehead atoms. The Kier molecular flexibility index (Phi) is 7.35. The van der Waals surface area contributed by atoms with Crippen molar-refractivity contribution in [3.63, 3.8) is 0 Å². The van der Waals surface area contributed by atoms with Crippen LogP contribution in [0.15, 0.2) is 48.5 Å². The molecule has 0 aliphatic rings. The number of nitrogens with zero attached hydrogens (tertiary/aromatic N) is 1. The molecule has 1 N–H and O–H groups in total. The molecule has 2 aromatic rings. The molecule has 0 heterocycles. The number of esters is 1. The number of amides is 1. The molecule has 0 spiro atoms. The monoisotopic (exact) mass is 382 g/mol. The molecule has 0 radical (unpaired) electrons. The van der Waals surface area contributed by atoms with Gasteiger partial charge < -0.3 is 10.1 Å². The van der Waals surface area contributed by atoms with Gasteiger partial charge in [-0.25, -0.2) is 4.79 Å². The van der Waals surface area contributed by atoms with E-state index in [9.17, 15) is 9.59 Å². The van der Waals surface area contributed by atoms with E-state index in [1.807, 2.05) is 24.3 Å². The fraction of sp³-hybridized carbons (Fsp3) is 0.391. The summed E-state index contributed by atoms with van der Waals surface area (Å²) in [5.74, 6) is -0.501. The summed E-state index contributed by atoms with van der Waals surface area (Å²) < 4.78 is 5.13. The van der Waals surface area contributed by atoms with E-state index in [4.69, 9.17) is 4.74 Å². The lowest BCUT2D eigenvalue weighted by atomic mass is 10.0. The van der Waals surface area contributed by atoms with Crippen molar-refractivity contribution in [1.29, 1.82) is 0 Å². The number of anilines is 1. The number of carbonyl (C=O) groups excluding carboxylic acids is 2. The number of benzene rings is 2. The zero-order valence-electron chi connectivity index (χ0n) is 17.4. The minimum absolute atomic E-state index is 0.108. The van der Waals surface area contributed by atoms with Gasteiger partial charge >= 0.3 is 5.97 Å². The van der Waals surface area contributed by atoms with Crippen LogP contribution >= 0.6 is 0 Å². The fourth-order valence-electron chi connectivity index (χ4n) is 2.92. The van der Waals surface area contributed by atoms with Crippen LogP contribution in [0.4, 0.5) is 5.69 Å². The van der Waals surface area contributed by atoms with Crippen LogP contribution in [0.25, 0.3) is 0 Å². The van der Waals surface area contributed by atoms with Crippen LogP contribution < -0.4 is 5.32 Å². The minimum atomic E-state index is -0.358. The second-order valence-corrected chi connectivity index (χ2v) is 7.79. The Morgan fingerprint density at radius 1 is 1.04 bits per heavy atom. The molecule has 1 amide bonds. The van der Waals surface area contributed by atoms with Crippen molar-refractivity contribution >= 4 is 17.6 Å². The van der Waals surface area contributed by atoms with Crippen molar-refractivity contribution < 1.29 is 14.3 Å². The smallest absolute Gasteiger partial charge is 0.338 e. The number of carbonyl (C=O) groups is 2. The van der Waals surface area contributed by atoms with E-state index < -0.39 is 0 Å². The first-order valence-electron chi connectivity index (χ1n) is 9.57. The standard InChI is InChI=1S/C23H30N2O3/c1-6-28-22(27)19-12-13-21(24-17(2)26)20(14-19)16-25(23(3,4)5)15-18-10-8-7-9-11-18/h7-14H,6,15-16H2,1-5H3,(H,24,26). The average molecular weight is 383 g/mol. The minimum Gasteiger partial charge on any atom is -0.462 e. The van der Waals surface area contributed by atoms with Crippen molar-refractivity contribution in [2.45, 2.75) is 53.2 Å². The summed E-state index contributed by atoms with van der Waals surface area (Å²) in [7, 11) is 0. The van der Waals surface area contributed by atoms with Gasteiger partial charge in [0, 0.05) is 31.2 Å². The molecule has 5 nitrogen and oxygen atoms in total. The Bertz CT molecular complexity index is 810. The van der Waals surface area contributed by atoms with Crippen molar-refractivity contribution in [1.82, 2.24) is 4.90 Å². The lowest BCUT2D eigenvalue weighted by Crippen LogP contribution is -2.40. The summed E-state index contributed by atoms with van der Waals surface area (Å²) >= 11 is 0. The van der Waals surface area contributed by atoms with Crippen LogP contribution in [-0.2, 0) is 22.6 Å². The van der Waals surface area contributed by atoms with Crippen molar-refractivity contribution in [3.8, 4) is 0 Å². The van der Waals surface area contributed by atoms with E-state index in [1.54, 1.807) is 19.1 Å². The third-order valence-corrected chi connectivity index (χ3v) is 4.45. The molecule has 5 heteroatoms. The van der Waals surface area contributed by atoms with Gasteiger partial charge in [-0.2, -0.15) is 0 Å². The topological polar surface area (TPSA) is 58.6 Å². The molecule has 28 heavy (non-hydrogen) atoms. The van der Waals surface area contributed by atoms with Crippen molar-refractivity contribution in [3.05, 3.63) is 65.2 Å². The zero-order chi connectivity index (χ0) is 20.7. The number of hydrogen-bond acceptors (Lipinski definition) is 4. The molecule has 0 atom stereocenters. The Hall–Kier alpha value is -2.66. The van der Waals surface area contributed by atoms with E-state index in [1.165, 1.54) is 12.5 Å². The molecule has 2 rings (SSSR count). The maximum absolute atomic E-state index is 12.2. The highest BCUT2D eigenvalue weighted by atomic mass is 16.5. The maximum atomic E-state index is 12.2. The summed E-state index contributed by atoms with van der Waals surface area (Å²) in [5, 5.41) is 2.87. The molecule has 0 aliphatic carbocycles. The molecule has 0 unspecified atom stereocenters. The van der Waals surface area contributed by atoms with E-state index in [2.05, 4.69) is 43.1 Å². The molecule has 0 aliphatic heterocycles. The van der Waals surface area contributed by atoms with Crippen LogP contribution in [0.2, 0.25) is 0 Å². The molecule has 0 saturated carbocycles. The summed E-state index contributed by atoms with van der Waals surface area (Å²) in [4.78, 5) is 26.1. The van der Waals surface area contributed by atoms with Gasteiger partial charge in [0.1, 0.15) is 0 Å². The Morgan fingerprint density at radius 3 is 2.29 bits per heavy atom. The molecule has 0 aromatic heterocycles.